The van der Waals surface area contributed by atoms with Gasteiger partial charge in [-0.25, -0.2) is 19.9 Å². The maximum Gasteiger partial charge on any atom is 0.416 e. The van der Waals surface area contributed by atoms with Gasteiger partial charge in [-0.15, -0.1) is 0 Å². The van der Waals surface area contributed by atoms with Gasteiger partial charge in [0.15, 0.2) is 11.6 Å². The van der Waals surface area contributed by atoms with Crippen LogP contribution in [0.15, 0.2) is 170 Å². The molecular formula is C53H28F6N6. The number of rotatable bonds is 5. The monoisotopic (exact) mass is 862 g/mol. The number of fused-ring (bicyclic) bond motifs is 10. The van der Waals surface area contributed by atoms with Crippen LogP contribution in [0.1, 0.15) is 16.7 Å². The summed E-state index contributed by atoms with van der Waals surface area (Å²) < 4.78 is 88.7. The third-order valence-corrected chi connectivity index (χ3v) is 11.6. The molecule has 0 spiro atoms. The fraction of sp³-hybridized carbons (Fsp3) is 0.0377. The van der Waals surface area contributed by atoms with E-state index in [0.717, 1.165) is 23.3 Å². The molecule has 6 nitrogen and oxygen atoms in total. The minimum atomic E-state index is -5.08. The second-order valence-electron chi connectivity index (χ2n) is 15.6. The Hall–Kier alpha value is -8.43. The molecule has 0 saturated heterocycles. The van der Waals surface area contributed by atoms with Crippen LogP contribution in [-0.2, 0) is 12.4 Å². The van der Waals surface area contributed by atoms with E-state index >= 15 is 0 Å². The molecule has 4 aromatic heterocycles. The van der Waals surface area contributed by atoms with Crippen molar-refractivity contribution in [2.75, 3.05) is 0 Å². The van der Waals surface area contributed by atoms with Crippen LogP contribution < -0.4 is 0 Å². The maximum absolute atomic E-state index is 14.5. The van der Waals surface area contributed by atoms with Crippen LogP contribution in [-0.4, -0.2) is 24.3 Å². The standard InChI is InChI=1S/C53H28F6N6/c54-52(55,56)35-22-34(23-36(24-35)53(57,58)59)38-25-40-37-18-10-11-19-47(37)65-48(40)26-39(38)45-28-46(64-50(63-45)33-16-8-3-9-17-33)41-20-30(29-60)21-42(49(41)65)51-61-43(31-12-4-1-5-13-31)27-44(62-51)32-14-6-2-7-15-32/h1-28H. The lowest BCUT2D eigenvalue weighted by Gasteiger charge is -2.15. The summed E-state index contributed by atoms with van der Waals surface area (Å²) in [5.41, 5.74) is 3.48. The second-order valence-corrected chi connectivity index (χ2v) is 15.6. The predicted molar refractivity (Wildman–Crippen MR) is 240 cm³/mol. The topological polar surface area (TPSA) is 79.8 Å². The quantitative estimate of drug-likeness (QED) is 0.161. The fourth-order valence-corrected chi connectivity index (χ4v) is 8.64. The van der Waals surface area contributed by atoms with Crippen LogP contribution in [0, 0.1) is 11.3 Å². The molecule has 0 amide bonds. The van der Waals surface area contributed by atoms with Crippen molar-refractivity contribution in [3.05, 3.63) is 187 Å². The van der Waals surface area contributed by atoms with E-state index in [0.29, 0.717) is 66.6 Å². The summed E-state index contributed by atoms with van der Waals surface area (Å²) in [4.78, 5) is 20.4. The molecular weight excluding hydrogens is 835 g/mol. The zero-order valence-electron chi connectivity index (χ0n) is 33.6. The zero-order chi connectivity index (χ0) is 44.6. The van der Waals surface area contributed by atoms with E-state index in [-0.39, 0.29) is 39.5 Å². The number of nitriles is 1. The van der Waals surface area contributed by atoms with Gasteiger partial charge >= 0.3 is 12.4 Å². The molecule has 0 aliphatic carbocycles. The molecule has 11 aromatic rings. The number of halogens is 6. The smallest absolute Gasteiger partial charge is 0.308 e. The molecule has 12 heteroatoms. The van der Waals surface area contributed by atoms with Crippen LogP contribution in [0.2, 0.25) is 0 Å². The number of benzene rings is 7. The van der Waals surface area contributed by atoms with Crippen molar-refractivity contribution in [2.24, 2.45) is 0 Å². The molecule has 0 aliphatic rings. The van der Waals surface area contributed by atoms with E-state index in [1.54, 1.807) is 54.6 Å². The van der Waals surface area contributed by atoms with Crippen molar-refractivity contribution >= 4 is 49.1 Å². The Bertz CT molecular complexity index is 3660. The molecule has 0 saturated carbocycles. The zero-order valence-corrected chi connectivity index (χ0v) is 33.6. The molecule has 0 N–H and O–H groups in total. The molecule has 0 unspecified atom stereocenters. The molecule has 0 aliphatic heterocycles. The van der Waals surface area contributed by atoms with Crippen molar-refractivity contribution in [2.45, 2.75) is 12.4 Å². The van der Waals surface area contributed by atoms with Crippen molar-refractivity contribution in [1.29, 1.82) is 5.26 Å². The van der Waals surface area contributed by atoms with Gasteiger partial charge in [-0.05, 0) is 71.8 Å². The first-order valence-corrected chi connectivity index (χ1v) is 20.3. The van der Waals surface area contributed by atoms with Gasteiger partial charge in [0.05, 0.1) is 61.7 Å². The third-order valence-electron chi connectivity index (χ3n) is 11.6. The lowest BCUT2D eigenvalue weighted by atomic mass is 9.94. The second kappa shape index (κ2) is 14.8. The van der Waals surface area contributed by atoms with Crippen LogP contribution in [0.25, 0.3) is 106 Å². The van der Waals surface area contributed by atoms with Crippen molar-refractivity contribution in [3.8, 4) is 62.5 Å². The van der Waals surface area contributed by atoms with E-state index in [9.17, 15) is 31.6 Å². The maximum atomic E-state index is 14.5. The van der Waals surface area contributed by atoms with Crippen molar-refractivity contribution in [3.63, 3.8) is 0 Å². The summed E-state index contributed by atoms with van der Waals surface area (Å²) in [5, 5.41) is 12.7. The van der Waals surface area contributed by atoms with Crippen LogP contribution >= 0.6 is 0 Å². The summed E-state index contributed by atoms with van der Waals surface area (Å²) in [6.45, 7) is 0. The normalized spacial score (nSPS) is 12.1. The largest absolute Gasteiger partial charge is 0.416 e. The molecule has 4 heterocycles. The van der Waals surface area contributed by atoms with E-state index in [1.165, 1.54) is 0 Å². The highest BCUT2D eigenvalue weighted by atomic mass is 19.4. The summed E-state index contributed by atoms with van der Waals surface area (Å²) in [6.07, 6.45) is -10.2. The molecule has 0 fully saturated rings. The summed E-state index contributed by atoms with van der Waals surface area (Å²) in [5.74, 6) is 0.533. The molecule has 11 rings (SSSR count). The average Bonchev–Trinajstić information content (AvgIpc) is 3.66. The summed E-state index contributed by atoms with van der Waals surface area (Å²) >= 11 is 0. The van der Waals surface area contributed by atoms with Gasteiger partial charge in [-0.2, -0.15) is 31.6 Å². The first kappa shape index (κ1) is 39.4. The Morgan fingerprint density at radius 2 is 0.969 bits per heavy atom. The van der Waals surface area contributed by atoms with Crippen LogP contribution in [0.5, 0.6) is 0 Å². The van der Waals surface area contributed by atoms with Crippen molar-refractivity contribution < 1.29 is 26.3 Å². The Kier molecular flexibility index (Phi) is 9.00. The van der Waals surface area contributed by atoms with Crippen LogP contribution in [0.3, 0.4) is 0 Å². The molecule has 0 radical (unpaired) electrons. The van der Waals surface area contributed by atoms with Crippen LogP contribution in [0.4, 0.5) is 26.3 Å². The molecule has 312 valence electrons. The van der Waals surface area contributed by atoms with E-state index in [2.05, 4.69) is 6.07 Å². The highest BCUT2D eigenvalue weighted by Crippen LogP contribution is 2.44. The number of nitrogens with zero attached hydrogens (tertiary/aromatic N) is 6. The van der Waals surface area contributed by atoms with E-state index < -0.39 is 23.5 Å². The molecule has 7 aromatic carbocycles. The first-order valence-electron chi connectivity index (χ1n) is 20.3. The Labute approximate surface area is 365 Å². The number of hydrogen-bond donors (Lipinski definition) is 0. The third kappa shape index (κ3) is 6.85. The predicted octanol–water partition coefficient (Wildman–Crippen LogP) is 14.4. The van der Waals surface area contributed by atoms with Gasteiger partial charge in [-0.1, -0.05) is 109 Å². The Balaban J connectivity index is 1.37. The minimum absolute atomic E-state index is 0.0935. The van der Waals surface area contributed by atoms with Gasteiger partial charge in [0, 0.05) is 43.8 Å². The first-order chi connectivity index (χ1) is 31.4. The van der Waals surface area contributed by atoms with Crippen molar-refractivity contribution in [1.82, 2.24) is 24.3 Å². The highest BCUT2D eigenvalue weighted by Gasteiger charge is 2.37. The summed E-state index contributed by atoms with van der Waals surface area (Å²) in [7, 11) is 0. The number of hydrogen-bond acceptors (Lipinski definition) is 5. The molecule has 65 heavy (non-hydrogen) atoms. The van der Waals surface area contributed by atoms with Gasteiger partial charge in [0.25, 0.3) is 0 Å². The van der Waals surface area contributed by atoms with Gasteiger partial charge in [-0.3, -0.25) is 0 Å². The number of para-hydroxylation sites is 1. The fourth-order valence-electron chi connectivity index (χ4n) is 8.64. The minimum Gasteiger partial charge on any atom is -0.308 e. The number of aromatic nitrogens is 5. The highest BCUT2D eigenvalue weighted by molar-refractivity contribution is 6.18. The van der Waals surface area contributed by atoms with E-state index in [4.69, 9.17) is 19.9 Å². The lowest BCUT2D eigenvalue weighted by molar-refractivity contribution is -0.143. The van der Waals surface area contributed by atoms with Gasteiger partial charge in [0.2, 0.25) is 0 Å². The Morgan fingerprint density at radius 1 is 0.415 bits per heavy atom. The average molecular weight is 863 g/mol. The lowest BCUT2D eigenvalue weighted by Crippen LogP contribution is -2.11. The molecule has 0 atom stereocenters. The van der Waals surface area contributed by atoms with Gasteiger partial charge in [0.1, 0.15) is 0 Å². The SMILES string of the molecule is N#Cc1cc(-c2nc(-c3ccccc3)cc(-c3ccccc3)n2)c2c(c1)c1cc(nc(-c3ccccc3)n1)c1cc3c(cc1-c1cc(C(F)(F)F)cc(C(F)(F)F)c1)c1ccccc1n32. The number of alkyl halides is 6. The summed E-state index contributed by atoms with van der Waals surface area (Å²) in [6, 6.07) is 50.1. The Morgan fingerprint density at radius 3 is 1.55 bits per heavy atom. The van der Waals surface area contributed by atoms with Gasteiger partial charge < -0.3 is 4.40 Å². The molecule has 4 bridgehead atoms. The van der Waals surface area contributed by atoms with E-state index in [1.807, 2.05) is 101 Å².